The summed E-state index contributed by atoms with van der Waals surface area (Å²) in [6.45, 7) is 2.24. The molecule has 6 nitrogen and oxygen atoms in total. The molecular formula is C13H16N4O2. The predicted molar refractivity (Wildman–Crippen MR) is 73.2 cm³/mol. The van der Waals surface area contributed by atoms with Crippen LogP contribution in [0.1, 0.15) is 11.3 Å². The van der Waals surface area contributed by atoms with Gasteiger partial charge in [0.2, 0.25) is 0 Å². The maximum atomic E-state index is 11.9. The Morgan fingerprint density at radius 3 is 2.74 bits per heavy atom. The molecule has 0 amide bonds. The Labute approximate surface area is 110 Å². The summed E-state index contributed by atoms with van der Waals surface area (Å²) in [5, 5.41) is 3.15. The normalized spacial score (nSPS) is 10.5. The first-order valence-electron chi connectivity index (χ1n) is 5.91. The number of anilines is 1. The van der Waals surface area contributed by atoms with E-state index in [1.54, 1.807) is 19.4 Å². The minimum absolute atomic E-state index is 0.280. The average molecular weight is 260 g/mol. The predicted octanol–water partition coefficient (Wildman–Crippen LogP) is 0.400. The molecule has 0 saturated carbocycles. The monoisotopic (exact) mass is 260 g/mol. The summed E-state index contributed by atoms with van der Waals surface area (Å²) in [5.74, 6) is 0. The molecule has 0 atom stereocenters. The second-order valence-electron chi connectivity index (χ2n) is 4.40. The second kappa shape index (κ2) is 5.09. The zero-order chi connectivity index (χ0) is 14.0. The molecule has 0 radical (unpaired) electrons. The van der Waals surface area contributed by atoms with Crippen molar-refractivity contribution in [3.8, 4) is 0 Å². The fourth-order valence-electron chi connectivity index (χ4n) is 1.87. The van der Waals surface area contributed by atoms with Crippen molar-refractivity contribution >= 4 is 5.69 Å². The standard InChI is InChI=1S/C13H16N4O2/c1-9-11(5-4-6-14-9)15-7-10-8-16(2)13(19)17(3)12(10)18/h4-6,8,15H,7H2,1-3H3. The molecule has 0 aromatic carbocycles. The van der Waals surface area contributed by atoms with E-state index in [9.17, 15) is 9.59 Å². The highest BCUT2D eigenvalue weighted by atomic mass is 16.2. The van der Waals surface area contributed by atoms with Gasteiger partial charge in [-0.1, -0.05) is 0 Å². The van der Waals surface area contributed by atoms with Crippen LogP contribution < -0.4 is 16.6 Å². The van der Waals surface area contributed by atoms with Crippen LogP contribution in [-0.2, 0) is 20.6 Å². The summed E-state index contributed by atoms with van der Waals surface area (Å²) in [6, 6.07) is 3.73. The van der Waals surface area contributed by atoms with Crippen LogP contribution >= 0.6 is 0 Å². The Hall–Kier alpha value is -2.37. The van der Waals surface area contributed by atoms with Gasteiger partial charge in [0.25, 0.3) is 5.56 Å². The minimum Gasteiger partial charge on any atom is -0.379 e. The molecule has 6 heteroatoms. The van der Waals surface area contributed by atoms with Gasteiger partial charge in [0.05, 0.1) is 16.9 Å². The van der Waals surface area contributed by atoms with Crippen LogP contribution in [0.2, 0.25) is 0 Å². The third-order valence-electron chi connectivity index (χ3n) is 2.99. The van der Waals surface area contributed by atoms with Gasteiger partial charge in [0.1, 0.15) is 0 Å². The number of nitrogens with one attached hydrogen (secondary N) is 1. The van der Waals surface area contributed by atoms with Crippen LogP contribution in [0.25, 0.3) is 0 Å². The van der Waals surface area contributed by atoms with Gasteiger partial charge in [-0.3, -0.25) is 14.3 Å². The molecule has 0 spiro atoms. The quantitative estimate of drug-likeness (QED) is 0.867. The van der Waals surface area contributed by atoms with Crippen LogP contribution in [0, 0.1) is 6.92 Å². The first kappa shape index (κ1) is 13.1. The SMILES string of the molecule is Cc1ncccc1NCc1cn(C)c(=O)n(C)c1=O. The smallest absolute Gasteiger partial charge is 0.330 e. The van der Waals surface area contributed by atoms with Gasteiger partial charge in [-0.15, -0.1) is 0 Å². The Morgan fingerprint density at radius 2 is 2.05 bits per heavy atom. The molecule has 1 N–H and O–H groups in total. The zero-order valence-corrected chi connectivity index (χ0v) is 11.2. The van der Waals surface area contributed by atoms with Crippen LogP contribution in [0.5, 0.6) is 0 Å². The fourth-order valence-corrected chi connectivity index (χ4v) is 1.87. The second-order valence-corrected chi connectivity index (χ2v) is 4.40. The summed E-state index contributed by atoms with van der Waals surface area (Å²) < 4.78 is 2.50. The summed E-state index contributed by atoms with van der Waals surface area (Å²) in [4.78, 5) is 27.7. The van der Waals surface area contributed by atoms with Gasteiger partial charge in [-0.25, -0.2) is 4.79 Å². The molecule has 0 unspecified atom stereocenters. The Bertz CT molecular complexity index is 715. The van der Waals surface area contributed by atoms with E-state index in [4.69, 9.17) is 0 Å². The number of rotatable bonds is 3. The fraction of sp³-hybridized carbons (Fsp3) is 0.308. The van der Waals surface area contributed by atoms with Crippen molar-refractivity contribution < 1.29 is 0 Å². The van der Waals surface area contributed by atoms with Crippen LogP contribution in [-0.4, -0.2) is 14.1 Å². The molecule has 0 saturated heterocycles. The van der Waals surface area contributed by atoms with Crippen LogP contribution in [0.15, 0.2) is 34.1 Å². The van der Waals surface area contributed by atoms with Gasteiger partial charge in [0.15, 0.2) is 0 Å². The molecule has 0 aliphatic rings. The molecule has 0 fully saturated rings. The van der Waals surface area contributed by atoms with Crippen molar-refractivity contribution in [2.75, 3.05) is 5.32 Å². The zero-order valence-electron chi connectivity index (χ0n) is 11.2. The average Bonchev–Trinajstić information content (AvgIpc) is 2.40. The highest BCUT2D eigenvalue weighted by Crippen LogP contribution is 2.10. The first-order chi connectivity index (χ1) is 9.00. The lowest BCUT2D eigenvalue weighted by Gasteiger charge is -2.10. The number of aryl methyl sites for hydroxylation is 2. The molecule has 0 aliphatic heterocycles. The lowest BCUT2D eigenvalue weighted by atomic mass is 10.2. The van der Waals surface area contributed by atoms with Crippen molar-refractivity contribution in [2.45, 2.75) is 13.5 Å². The Morgan fingerprint density at radius 1 is 1.32 bits per heavy atom. The lowest BCUT2D eigenvalue weighted by Crippen LogP contribution is -2.38. The number of hydrogen-bond donors (Lipinski definition) is 1. The molecule has 0 bridgehead atoms. The third kappa shape index (κ3) is 2.57. The topological polar surface area (TPSA) is 68.9 Å². The molecular weight excluding hydrogens is 244 g/mol. The van der Waals surface area contributed by atoms with Gasteiger partial charge in [-0.05, 0) is 19.1 Å². The summed E-state index contributed by atoms with van der Waals surface area (Å²) in [6.07, 6.45) is 3.27. The summed E-state index contributed by atoms with van der Waals surface area (Å²) in [5.41, 5.74) is 1.67. The lowest BCUT2D eigenvalue weighted by molar-refractivity contribution is 0.671. The van der Waals surface area contributed by atoms with Crippen molar-refractivity contribution in [3.05, 3.63) is 56.6 Å². The van der Waals surface area contributed by atoms with Gasteiger partial charge in [-0.2, -0.15) is 0 Å². The Balaban J connectivity index is 2.29. The highest BCUT2D eigenvalue weighted by Gasteiger charge is 2.07. The molecule has 0 aliphatic carbocycles. The first-order valence-corrected chi connectivity index (χ1v) is 5.91. The van der Waals surface area contributed by atoms with E-state index in [2.05, 4.69) is 10.3 Å². The largest absolute Gasteiger partial charge is 0.379 e. The highest BCUT2D eigenvalue weighted by molar-refractivity contribution is 5.46. The number of hydrogen-bond acceptors (Lipinski definition) is 4. The van der Waals surface area contributed by atoms with Crippen LogP contribution in [0.3, 0.4) is 0 Å². The van der Waals surface area contributed by atoms with Crippen molar-refractivity contribution in [2.24, 2.45) is 14.1 Å². The molecule has 19 heavy (non-hydrogen) atoms. The minimum atomic E-state index is -0.327. The van der Waals surface area contributed by atoms with Crippen molar-refractivity contribution in [1.29, 1.82) is 0 Å². The molecule has 2 heterocycles. The molecule has 100 valence electrons. The van der Waals surface area contributed by atoms with Crippen LogP contribution in [0.4, 0.5) is 5.69 Å². The maximum Gasteiger partial charge on any atom is 0.330 e. The number of pyridine rings is 1. The van der Waals surface area contributed by atoms with E-state index in [-0.39, 0.29) is 11.2 Å². The summed E-state index contributed by atoms with van der Waals surface area (Å²) in [7, 11) is 3.10. The maximum absolute atomic E-state index is 11.9. The van der Waals surface area contributed by atoms with E-state index in [1.165, 1.54) is 11.6 Å². The van der Waals surface area contributed by atoms with E-state index < -0.39 is 0 Å². The summed E-state index contributed by atoms with van der Waals surface area (Å²) >= 11 is 0. The van der Waals surface area contributed by atoms with E-state index in [1.807, 2.05) is 19.1 Å². The van der Waals surface area contributed by atoms with Gasteiger partial charge < -0.3 is 9.88 Å². The Kier molecular flexibility index (Phi) is 3.50. The van der Waals surface area contributed by atoms with E-state index in [0.29, 0.717) is 12.1 Å². The third-order valence-corrected chi connectivity index (χ3v) is 2.99. The van der Waals surface area contributed by atoms with Gasteiger partial charge >= 0.3 is 5.69 Å². The molecule has 2 aromatic heterocycles. The number of nitrogens with zero attached hydrogens (tertiary/aromatic N) is 3. The van der Waals surface area contributed by atoms with Crippen molar-refractivity contribution in [1.82, 2.24) is 14.1 Å². The van der Waals surface area contributed by atoms with E-state index in [0.717, 1.165) is 15.9 Å². The van der Waals surface area contributed by atoms with Crippen molar-refractivity contribution in [3.63, 3.8) is 0 Å². The van der Waals surface area contributed by atoms with E-state index >= 15 is 0 Å². The number of aromatic nitrogens is 3. The van der Waals surface area contributed by atoms with Gasteiger partial charge in [0, 0.05) is 33.0 Å². The molecule has 2 rings (SSSR count). The molecule has 2 aromatic rings.